The van der Waals surface area contributed by atoms with Crippen molar-refractivity contribution in [1.29, 1.82) is 0 Å². The second-order valence-corrected chi connectivity index (χ2v) is 3.41. The van der Waals surface area contributed by atoms with Crippen molar-refractivity contribution in [3.8, 4) is 5.75 Å². The van der Waals surface area contributed by atoms with E-state index in [1.807, 2.05) is 13.0 Å². The summed E-state index contributed by atoms with van der Waals surface area (Å²) in [5.41, 5.74) is 7.32. The van der Waals surface area contributed by atoms with E-state index in [1.54, 1.807) is 0 Å². The number of hydrogen-bond donors (Lipinski definition) is 1. The Balaban J connectivity index is 2.40. The molecule has 13 heavy (non-hydrogen) atoms. The van der Waals surface area contributed by atoms with Gasteiger partial charge in [-0.05, 0) is 18.6 Å². The van der Waals surface area contributed by atoms with Crippen LogP contribution in [0.25, 0.3) is 0 Å². The van der Waals surface area contributed by atoms with Gasteiger partial charge in [-0.15, -0.1) is 0 Å². The molecule has 1 heterocycles. The average molecular weight is 181 g/mol. The molecule has 1 unspecified atom stereocenters. The summed E-state index contributed by atoms with van der Waals surface area (Å²) in [5, 5.41) is 0. The molecule has 0 spiro atoms. The van der Waals surface area contributed by atoms with Crippen molar-refractivity contribution in [2.45, 2.75) is 19.4 Å². The number of benzene rings is 1. The van der Waals surface area contributed by atoms with E-state index in [0.29, 0.717) is 12.3 Å². The smallest absolute Gasteiger partial charge is 0.165 e. The van der Waals surface area contributed by atoms with Gasteiger partial charge in [-0.2, -0.15) is 0 Å². The van der Waals surface area contributed by atoms with E-state index < -0.39 is 0 Å². The molecule has 70 valence electrons. The van der Waals surface area contributed by atoms with Gasteiger partial charge >= 0.3 is 0 Å². The first-order chi connectivity index (χ1) is 6.20. The van der Waals surface area contributed by atoms with Crippen molar-refractivity contribution in [1.82, 2.24) is 0 Å². The minimum Gasteiger partial charge on any atom is -0.485 e. The second-order valence-electron chi connectivity index (χ2n) is 3.41. The second kappa shape index (κ2) is 3.00. The molecular formula is C10H12FNO. The van der Waals surface area contributed by atoms with Crippen LogP contribution in [-0.4, -0.2) is 12.6 Å². The Morgan fingerprint density at radius 3 is 3.08 bits per heavy atom. The standard InChI is InChI=1S/C10H12FNO/c1-6-2-7-4-8(5-12)13-10(7)9(11)3-6/h2-3,8H,4-5,12H2,1H3. The van der Waals surface area contributed by atoms with Gasteiger partial charge in [0, 0.05) is 18.5 Å². The summed E-state index contributed by atoms with van der Waals surface area (Å²) in [7, 11) is 0. The molecule has 1 aromatic carbocycles. The van der Waals surface area contributed by atoms with E-state index in [2.05, 4.69) is 0 Å². The first-order valence-electron chi connectivity index (χ1n) is 4.36. The lowest BCUT2D eigenvalue weighted by atomic mass is 10.1. The van der Waals surface area contributed by atoms with Crippen LogP contribution in [0.1, 0.15) is 11.1 Å². The first kappa shape index (κ1) is 8.51. The van der Waals surface area contributed by atoms with Gasteiger partial charge in [0.2, 0.25) is 0 Å². The van der Waals surface area contributed by atoms with Crippen molar-refractivity contribution in [3.63, 3.8) is 0 Å². The molecule has 0 aliphatic carbocycles. The molecule has 2 nitrogen and oxygen atoms in total. The highest BCUT2D eigenvalue weighted by Gasteiger charge is 2.24. The quantitative estimate of drug-likeness (QED) is 0.710. The van der Waals surface area contributed by atoms with Crippen molar-refractivity contribution in [2.75, 3.05) is 6.54 Å². The predicted octanol–water partition coefficient (Wildman–Crippen LogP) is 1.40. The molecule has 0 bridgehead atoms. The maximum atomic E-state index is 13.3. The number of fused-ring (bicyclic) bond motifs is 1. The summed E-state index contributed by atoms with van der Waals surface area (Å²) in [5.74, 6) is 0.118. The van der Waals surface area contributed by atoms with Crippen LogP contribution in [0.3, 0.4) is 0 Å². The van der Waals surface area contributed by atoms with E-state index in [0.717, 1.165) is 17.5 Å². The summed E-state index contributed by atoms with van der Waals surface area (Å²) in [4.78, 5) is 0. The van der Waals surface area contributed by atoms with Crippen LogP contribution in [0.5, 0.6) is 5.75 Å². The molecule has 1 aliphatic rings. The predicted molar refractivity (Wildman–Crippen MR) is 48.3 cm³/mol. The Bertz CT molecular complexity index is 338. The lowest BCUT2D eigenvalue weighted by Crippen LogP contribution is -2.24. The largest absolute Gasteiger partial charge is 0.485 e. The monoisotopic (exact) mass is 181 g/mol. The summed E-state index contributed by atoms with van der Waals surface area (Å²) in [6.07, 6.45) is 0.677. The van der Waals surface area contributed by atoms with Gasteiger partial charge in [-0.25, -0.2) is 4.39 Å². The Morgan fingerprint density at radius 2 is 2.38 bits per heavy atom. The molecule has 0 amide bonds. The SMILES string of the molecule is Cc1cc(F)c2c(c1)CC(CN)O2. The number of hydrogen-bond acceptors (Lipinski definition) is 2. The van der Waals surface area contributed by atoms with Crippen molar-refractivity contribution >= 4 is 0 Å². The highest BCUT2D eigenvalue weighted by atomic mass is 19.1. The van der Waals surface area contributed by atoms with E-state index in [9.17, 15) is 4.39 Å². The van der Waals surface area contributed by atoms with Crippen molar-refractivity contribution in [2.24, 2.45) is 5.73 Å². The third-order valence-corrected chi connectivity index (χ3v) is 2.26. The fourth-order valence-corrected chi connectivity index (χ4v) is 1.67. The van der Waals surface area contributed by atoms with Gasteiger partial charge < -0.3 is 10.5 Å². The van der Waals surface area contributed by atoms with Crippen LogP contribution in [0.15, 0.2) is 12.1 Å². The number of halogens is 1. The first-order valence-corrected chi connectivity index (χ1v) is 4.36. The third kappa shape index (κ3) is 1.40. The maximum Gasteiger partial charge on any atom is 0.165 e. The minimum atomic E-state index is -0.272. The van der Waals surface area contributed by atoms with Crippen LogP contribution in [-0.2, 0) is 6.42 Å². The van der Waals surface area contributed by atoms with Gasteiger partial charge in [0.15, 0.2) is 11.6 Å². The van der Waals surface area contributed by atoms with Crippen LogP contribution in [0.2, 0.25) is 0 Å². The van der Waals surface area contributed by atoms with E-state index in [1.165, 1.54) is 6.07 Å². The van der Waals surface area contributed by atoms with Crippen LogP contribution in [0.4, 0.5) is 4.39 Å². The van der Waals surface area contributed by atoms with E-state index in [-0.39, 0.29) is 11.9 Å². The Kier molecular flexibility index (Phi) is 1.96. The summed E-state index contributed by atoms with van der Waals surface area (Å²) < 4.78 is 18.6. The van der Waals surface area contributed by atoms with Crippen LogP contribution in [0, 0.1) is 12.7 Å². The van der Waals surface area contributed by atoms with Crippen LogP contribution < -0.4 is 10.5 Å². The maximum absolute atomic E-state index is 13.3. The van der Waals surface area contributed by atoms with Gasteiger partial charge in [0.25, 0.3) is 0 Å². The number of nitrogens with two attached hydrogens (primary N) is 1. The zero-order chi connectivity index (χ0) is 9.42. The number of rotatable bonds is 1. The lowest BCUT2D eigenvalue weighted by molar-refractivity contribution is 0.232. The third-order valence-electron chi connectivity index (χ3n) is 2.26. The van der Waals surface area contributed by atoms with Gasteiger partial charge in [-0.1, -0.05) is 6.07 Å². The summed E-state index contributed by atoms with van der Waals surface area (Å²) >= 11 is 0. The van der Waals surface area contributed by atoms with Crippen LogP contribution >= 0.6 is 0 Å². The Labute approximate surface area is 76.5 Å². The lowest BCUT2D eigenvalue weighted by Gasteiger charge is -2.06. The molecule has 2 N–H and O–H groups in total. The number of ether oxygens (including phenoxy) is 1. The molecule has 0 saturated heterocycles. The Morgan fingerprint density at radius 1 is 1.62 bits per heavy atom. The molecular weight excluding hydrogens is 169 g/mol. The molecule has 0 radical (unpaired) electrons. The summed E-state index contributed by atoms with van der Waals surface area (Å²) in [6, 6.07) is 3.44. The Hall–Kier alpha value is -1.09. The van der Waals surface area contributed by atoms with Gasteiger partial charge in [-0.3, -0.25) is 0 Å². The minimum absolute atomic E-state index is 0.0497. The van der Waals surface area contributed by atoms with Crippen molar-refractivity contribution < 1.29 is 9.13 Å². The normalized spacial score (nSPS) is 19.8. The molecule has 0 saturated carbocycles. The molecule has 0 aromatic heterocycles. The molecule has 1 aromatic rings. The average Bonchev–Trinajstić information content (AvgIpc) is 2.47. The highest BCUT2D eigenvalue weighted by molar-refractivity contribution is 5.41. The summed E-state index contributed by atoms with van der Waals surface area (Å²) in [6.45, 7) is 2.31. The van der Waals surface area contributed by atoms with Crippen molar-refractivity contribution in [3.05, 3.63) is 29.1 Å². The molecule has 1 aliphatic heterocycles. The fraction of sp³-hybridized carbons (Fsp3) is 0.400. The van der Waals surface area contributed by atoms with Gasteiger partial charge in [0.1, 0.15) is 6.10 Å². The van der Waals surface area contributed by atoms with Gasteiger partial charge in [0.05, 0.1) is 0 Å². The number of aryl methyl sites for hydroxylation is 1. The fourth-order valence-electron chi connectivity index (χ4n) is 1.67. The van der Waals surface area contributed by atoms with E-state index >= 15 is 0 Å². The molecule has 2 rings (SSSR count). The topological polar surface area (TPSA) is 35.2 Å². The molecule has 0 fully saturated rings. The van der Waals surface area contributed by atoms with E-state index in [4.69, 9.17) is 10.5 Å². The molecule has 3 heteroatoms. The molecule has 1 atom stereocenters. The highest BCUT2D eigenvalue weighted by Crippen LogP contribution is 2.32. The zero-order valence-electron chi connectivity index (χ0n) is 7.51. The zero-order valence-corrected chi connectivity index (χ0v) is 7.51.